The standard InChI is InChI=1S/C13H16FN/c14-13-3-1-2-9(6-13)10-4-11-7-15-8-12(11)5-10/h1-3,6,10-12,15H,4-5,7-8H2. The van der Waals surface area contributed by atoms with Gasteiger partial charge in [-0.25, -0.2) is 4.39 Å². The van der Waals surface area contributed by atoms with E-state index in [9.17, 15) is 4.39 Å². The first-order valence-electron chi connectivity index (χ1n) is 5.79. The van der Waals surface area contributed by atoms with Gasteiger partial charge in [-0.05, 0) is 61.4 Å². The highest BCUT2D eigenvalue weighted by Gasteiger charge is 2.37. The molecule has 0 radical (unpaired) electrons. The molecular weight excluding hydrogens is 189 g/mol. The smallest absolute Gasteiger partial charge is 0.123 e. The van der Waals surface area contributed by atoms with Gasteiger partial charge in [0.1, 0.15) is 5.82 Å². The van der Waals surface area contributed by atoms with Gasteiger partial charge in [-0.3, -0.25) is 0 Å². The summed E-state index contributed by atoms with van der Waals surface area (Å²) in [4.78, 5) is 0. The number of rotatable bonds is 1. The Hall–Kier alpha value is -0.890. The molecule has 1 nitrogen and oxygen atoms in total. The Kier molecular flexibility index (Phi) is 2.24. The van der Waals surface area contributed by atoms with Gasteiger partial charge in [-0.2, -0.15) is 0 Å². The van der Waals surface area contributed by atoms with E-state index in [1.54, 1.807) is 6.07 Å². The molecule has 1 aromatic carbocycles. The van der Waals surface area contributed by atoms with Crippen molar-refractivity contribution in [3.05, 3.63) is 35.6 Å². The van der Waals surface area contributed by atoms with E-state index in [1.165, 1.54) is 24.5 Å². The molecule has 1 aromatic rings. The van der Waals surface area contributed by atoms with Crippen LogP contribution in [0.5, 0.6) is 0 Å². The number of hydrogen-bond donors (Lipinski definition) is 1. The molecule has 2 fully saturated rings. The first-order valence-corrected chi connectivity index (χ1v) is 5.79. The second-order valence-electron chi connectivity index (χ2n) is 4.90. The number of halogens is 1. The number of nitrogens with one attached hydrogen (secondary N) is 1. The predicted molar refractivity (Wildman–Crippen MR) is 58.2 cm³/mol. The second kappa shape index (κ2) is 3.60. The zero-order chi connectivity index (χ0) is 10.3. The van der Waals surface area contributed by atoms with Crippen LogP contribution >= 0.6 is 0 Å². The average Bonchev–Trinajstić information content (AvgIpc) is 2.76. The van der Waals surface area contributed by atoms with Gasteiger partial charge >= 0.3 is 0 Å². The Morgan fingerprint density at radius 2 is 1.87 bits per heavy atom. The zero-order valence-corrected chi connectivity index (χ0v) is 8.75. The van der Waals surface area contributed by atoms with E-state index in [1.807, 2.05) is 6.07 Å². The number of hydrogen-bond acceptors (Lipinski definition) is 1. The Labute approximate surface area is 89.7 Å². The Balaban J connectivity index is 1.79. The highest BCUT2D eigenvalue weighted by Crippen LogP contribution is 2.43. The molecule has 1 heterocycles. The van der Waals surface area contributed by atoms with Crippen molar-refractivity contribution in [1.82, 2.24) is 5.32 Å². The summed E-state index contributed by atoms with van der Waals surface area (Å²) in [6.07, 6.45) is 2.47. The van der Waals surface area contributed by atoms with Crippen molar-refractivity contribution in [3.63, 3.8) is 0 Å². The molecule has 1 saturated carbocycles. The first kappa shape index (κ1) is 9.34. The quantitative estimate of drug-likeness (QED) is 0.743. The van der Waals surface area contributed by atoms with E-state index in [-0.39, 0.29) is 5.82 Å². The van der Waals surface area contributed by atoms with Crippen molar-refractivity contribution >= 4 is 0 Å². The molecule has 2 heteroatoms. The van der Waals surface area contributed by atoms with Crippen molar-refractivity contribution in [3.8, 4) is 0 Å². The van der Waals surface area contributed by atoms with E-state index in [4.69, 9.17) is 0 Å². The maximum atomic E-state index is 13.1. The Morgan fingerprint density at radius 1 is 1.13 bits per heavy atom. The van der Waals surface area contributed by atoms with Crippen molar-refractivity contribution in [2.75, 3.05) is 13.1 Å². The van der Waals surface area contributed by atoms with Crippen LogP contribution in [0.25, 0.3) is 0 Å². The van der Waals surface area contributed by atoms with Gasteiger partial charge in [0.25, 0.3) is 0 Å². The van der Waals surface area contributed by atoms with Gasteiger partial charge in [0, 0.05) is 0 Å². The molecule has 2 atom stereocenters. The lowest BCUT2D eigenvalue weighted by atomic mass is 9.96. The van der Waals surface area contributed by atoms with Crippen molar-refractivity contribution in [1.29, 1.82) is 0 Å². The van der Waals surface area contributed by atoms with E-state index < -0.39 is 0 Å². The van der Waals surface area contributed by atoms with Crippen LogP contribution in [0, 0.1) is 17.7 Å². The number of fused-ring (bicyclic) bond motifs is 1. The summed E-state index contributed by atoms with van der Waals surface area (Å²) in [6.45, 7) is 2.33. The van der Waals surface area contributed by atoms with Gasteiger partial charge in [0.15, 0.2) is 0 Å². The van der Waals surface area contributed by atoms with Crippen LogP contribution in [0.3, 0.4) is 0 Å². The second-order valence-corrected chi connectivity index (χ2v) is 4.90. The van der Waals surface area contributed by atoms with Gasteiger partial charge in [0.2, 0.25) is 0 Å². The van der Waals surface area contributed by atoms with Crippen LogP contribution in [-0.4, -0.2) is 13.1 Å². The fraction of sp³-hybridized carbons (Fsp3) is 0.538. The first-order chi connectivity index (χ1) is 7.33. The minimum absolute atomic E-state index is 0.0947. The van der Waals surface area contributed by atoms with E-state index in [2.05, 4.69) is 11.4 Å². The van der Waals surface area contributed by atoms with Gasteiger partial charge < -0.3 is 5.32 Å². The fourth-order valence-electron chi connectivity index (χ4n) is 3.20. The third-order valence-electron chi connectivity index (χ3n) is 3.97. The number of benzene rings is 1. The summed E-state index contributed by atoms with van der Waals surface area (Å²) in [5.41, 5.74) is 1.20. The van der Waals surface area contributed by atoms with E-state index in [0.717, 1.165) is 24.9 Å². The van der Waals surface area contributed by atoms with Gasteiger partial charge in [-0.1, -0.05) is 12.1 Å². The van der Waals surface area contributed by atoms with Crippen LogP contribution in [0.15, 0.2) is 24.3 Å². The Bertz CT molecular complexity index is 351. The van der Waals surface area contributed by atoms with Crippen LogP contribution in [-0.2, 0) is 0 Å². The molecule has 1 aliphatic heterocycles. The van der Waals surface area contributed by atoms with Crippen molar-refractivity contribution < 1.29 is 4.39 Å². The van der Waals surface area contributed by atoms with Crippen LogP contribution < -0.4 is 5.32 Å². The third kappa shape index (κ3) is 1.67. The molecule has 2 unspecified atom stereocenters. The zero-order valence-electron chi connectivity index (χ0n) is 8.75. The molecule has 2 aliphatic rings. The SMILES string of the molecule is Fc1cccc(C2CC3CNCC3C2)c1. The lowest BCUT2D eigenvalue weighted by Crippen LogP contribution is -2.11. The highest BCUT2D eigenvalue weighted by molar-refractivity contribution is 5.22. The lowest BCUT2D eigenvalue weighted by molar-refractivity contribution is 0.494. The summed E-state index contributed by atoms with van der Waals surface area (Å²) < 4.78 is 13.1. The minimum Gasteiger partial charge on any atom is -0.316 e. The highest BCUT2D eigenvalue weighted by atomic mass is 19.1. The molecule has 0 aromatic heterocycles. The van der Waals surface area contributed by atoms with E-state index in [0.29, 0.717) is 5.92 Å². The van der Waals surface area contributed by atoms with E-state index >= 15 is 0 Å². The maximum Gasteiger partial charge on any atom is 0.123 e. The van der Waals surface area contributed by atoms with Crippen LogP contribution in [0.2, 0.25) is 0 Å². The molecule has 0 spiro atoms. The normalized spacial score (nSPS) is 34.3. The summed E-state index contributed by atoms with van der Waals surface area (Å²) >= 11 is 0. The third-order valence-corrected chi connectivity index (χ3v) is 3.97. The molecule has 15 heavy (non-hydrogen) atoms. The van der Waals surface area contributed by atoms with Crippen molar-refractivity contribution in [2.45, 2.75) is 18.8 Å². The van der Waals surface area contributed by atoms with Crippen LogP contribution in [0.4, 0.5) is 4.39 Å². The largest absolute Gasteiger partial charge is 0.316 e. The maximum absolute atomic E-state index is 13.1. The van der Waals surface area contributed by atoms with Crippen molar-refractivity contribution in [2.24, 2.45) is 11.8 Å². The molecule has 80 valence electrons. The average molecular weight is 205 g/mol. The minimum atomic E-state index is -0.0947. The van der Waals surface area contributed by atoms with Gasteiger partial charge in [0.05, 0.1) is 0 Å². The molecule has 3 rings (SSSR count). The molecular formula is C13H16FN. The molecule has 1 N–H and O–H groups in total. The summed E-state index contributed by atoms with van der Waals surface area (Å²) in [5.74, 6) is 2.16. The van der Waals surface area contributed by atoms with Crippen LogP contribution in [0.1, 0.15) is 24.3 Å². The summed E-state index contributed by atoms with van der Waals surface area (Å²) in [7, 11) is 0. The summed E-state index contributed by atoms with van der Waals surface area (Å²) in [6, 6.07) is 7.14. The topological polar surface area (TPSA) is 12.0 Å². The Morgan fingerprint density at radius 3 is 2.53 bits per heavy atom. The summed E-state index contributed by atoms with van der Waals surface area (Å²) in [5, 5.41) is 3.43. The predicted octanol–water partition coefficient (Wildman–Crippen LogP) is 2.54. The fourth-order valence-corrected chi connectivity index (χ4v) is 3.20. The molecule has 1 aliphatic carbocycles. The molecule has 0 amide bonds. The molecule has 0 bridgehead atoms. The lowest BCUT2D eigenvalue weighted by Gasteiger charge is -2.11. The molecule has 1 saturated heterocycles. The monoisotopic (exact) mass is 205 g/mol. The van der Waals surface area contributed by atoms with Gasteiger partial charge in [-0.15, -0.1) is 0 Å².